The number of amides is 2. The number of fused-ring (bicyclic) bond motifs is 1. The maximum absolute atomic E-state index is 12.5. The lowest BCUT2D eigenvalue weighted by atomic mass is 10.1. The normalized spacial score (nSPS) is 13.5. The van der Waals surface area contributed by atoms with Crippen molar-refractivity contribution in [2.45, 2.75) is 0 Å². The van der Waals surface area contributed by atoms with E-state index in [-0.39, 0.29) is 11.8 Å². The average Bonchev–Trinajstić information content (AvgIpc) is 2.93. The molecule has 0 aliphatic carbocycles. The molecule has 0 spiro atoms. The molecule has 25 heavy (non-hydrogen) atoms. The van der Waals surface area contributed by atoms with Gasteiger partial charge in [-0.2, -0.15) is 0 Å². The number of imide groups is 1. The van der Waals surface area contributed by atoms with Crippen molar-refractivity contribution in [3.8, 4) is 0 Å². The van der Waals surface area contributed by atoms with Crippen LogP contribution in [0.2, 0.25) is 0 Å². The van der Waals surface area contributed by atoms with Crippen LogP contribution in [0, 0.1) is 0 Å². The lowest BCUT2D eigenvalue weighted by Gasteiger charge is -2.13. The van der Waals surface area contributed by atoms with E-state index in [4.69, 9.17) is 0 Å². The second-order valence-electron chi connectivity index (χ2n) is 5.83. The van der Waals surface area contributed by atoms with Gasteiger partial charge >= 0.3 is 0 Å². The molecule has 1 aliphatic heterocycles. The predicted octanol–water partition coefficient (Wildman–Crippen LogP) is 4.66. The third-order valence-corrected chi connectivity index (χ3v) is 4.21. The predicted molar refractivity (Wildman–Crippen MR) is 99.4 cm³/mol. The van der Waals surface area contributed by atoms with Gasteiger partial charge in [0, 0.05) is 0 Å². The molecule has 120 valence electrons. The van der Waals surface area contributed by atoms with Crippen molar-refractivity contribution in [1.82, 2.24) is 0 Å². The number of anilines is 1. The SMILES string of the molecule is O=C1c2ccccc2C(=O)N1c1ccc(C=Cc2ccccc2)cc1. The number of hydrogen-bond donors (Lipinski definition) is 0. The molecule has 2 amide bonds. The van der Waals surface area contributed by atoms with E-state index in [0.717, 1.165) is 11.1 Å². The number of benzene rings is 3. The summed E-state index contributed by atoms with van der Waals surface area (Å²) in [7, 11) is 0. The summed E-state index contributed by atoms with van der Waals surface area (Å²) in [6, 6.07) is 24.3. The van der Waals surface area contributed by atoms with Gasteiger partial charge in [-0.05, 0) is 35.4 Å². The van der Waals surface area contributed by atoms with Crippen LogP contribution < -0.4 is 4.90 Å². The number of hydrogen-bond acceptors (Lipinski definition) is 2. The third kappa shape index (κ3) is 2.76. The van der Waals surface area contributed by atoms with Gasteiger partial charge in [-0.3, -0.25) is 9.59 Å². The first-order valence-corrected chi connectivity index (χ1v) is 8.05. The van der Waals surface area contributed by atoms with Crippen molar-refractivity contribution in [2.75, 3.05) is 4.90 Å². The monoisotopic (exact) mass is 325 g/mol. The average molecular weight is 325 g/mol. The lowest BCUT2D eigenvalue weighted by Crippen LogP contribution is -2.29. The van der Waals surface area contributed by atoms with Gasteiger partial charge in [0.05, 0.1) is 16.8 Å². The summed E-state index contributed by atoms with van der Waals surface area (Å²) in [6.07, 6.45) is 4.03. The summed E-state index contributed by atoms with van der Waals surface area (Å²) in [5, 5.41) is 0. The summed E-state index contributed by atoms with van der Waals surface area (Å²) in [5.41, 5.74) is 3.63. The molecule has 4 rings (SSSR count). The Labute approximate surface area is 145 Å². The van der Waals surface area contributed by atoms with Crippen LogP contribution >= 0.6 is 0 Å². The van der Waals surface area contributed by atoms with Crippen LogP contribution in [0.15, 0.2) is 78.9 Å². The molecule has 0 saturated heterocycles. The largest absolute Gasteiger partial charge is 0.268 e. The van der Waals surface area contributed by atoms with Gasteiger partial charge in [0.2, 0.25) is 0 Å². The maximum Gasteiger partial charge on any atom is 0.266 e. The molecule has 0 saturated carbocycles. The Balaban J connectivity index is 1.58. The molecule has 3 aromatic rings. The first-order chi connectivity index (χ1) is 12.2. The van der Waals surface area contributed by atoms with Gasteiger partial charge in [0.25, 0.3) is 11.8 Å². The summed E-state index contributed by atoms with van der Waals surface area (Å²) in [6.45, 7) is 0. The molecule has 3 heteroatoms. The van der Waals surface area contributed by atoms with Crippen LogP contribution in [0.4, 0.5) is 5.69 Å². The number of carbonyl (C=O) groups excluding carboxylic acids is 2. The Hall–Kier alpha value is -3.46. The molecule has 0 unspecified atom stereocenters. The first-order valence-electron chi connectivity index (χ1n) is 8.05. The highest BCUT2D eigenvalue weighted by atomic mass is 16.2. The van der Waals surface area contributed by atoms with E-state index in [9.17, 15) is 9.59 Å². The molecular weight excluding hydrogens is 310 g/mol. The summed E-state index contributed by atoms with van der Waals surface area (Å²) in [4.78, 5) is 26.2. The Kier molecular flexibility index (Phi) is 3.75. The fourth-order valence-corrected chi connectivity index (χ4v) is 2.91. The highest BCUT2D eigenvalue weighted by Gasteiger charge is 2.36. The molecule has 0 aromatic heterocycles. The minimum absolute atomic E-state index is 0.270. The van der Waals surface area contributed by atoms with Gasteiger partial charge in [-0.25, -0.2) is 4.90 Å². The zero-order chi connectivity index (χ0) is 17.2. The number of carbonyl (C=O) groups is 2. The van der Waals surface area contributed by atoms with Crippen LogP contribution in [-0.2, 0) is 0 Å². The molecule has 0 N–H and O–H groups in total. The van der Waals surface area contributed by atoms with Crippen LogP contribution in [0.1, 0.15) is 31.8 Å². The highest BCUT2D eigenvalue weighted by molar-refractivity contribution is 6.34. The van der Waals surface area contributed by atoms with Crippen LogP contribution in [0.3, 0.4) is 0 Å². The van der Waals surface area contributed by atoms with Crippen molar-refractivity contribution < 1.29 is 9.59 Å². The second kappa shape index (κ2) is 6.21. The van der Waals surface area contributed by atoms with Crippen molar-refractivity contribution in [3.63, 3.8) is 0 Å². The van der Waals surface area contributed by atoms with E-state index >= 15 is 0 Å². The topological polar surface area (TPSA) is 37.4 Å². The first kappa shape index (κ1) is 15.1. The molecule has 3 nitrogen and oxygen atoms in total. The van der Waals surface area contributed by atoms with Crippen molar-refractivity contribution in [1.29, 1.82) is 0 Å². The Morgan fingerprint density at radius 1 is 0.560 bits per heavy atom. The third-order valence-electron chi connectivity index (χ3n) is 4.21. The highest BCUT2D eigenvalue weighted by Crippen LogP contribution is 2.28. The lowest BCUT2D eigenvalue weighted by molar-refractivity contribution is 0.0926. The van der Waals surface area contributed by atoms with E-state index in [2.05, 4.69) is 0 Å². The van der Waals surface area contributed by atoms with Crippen molar-refractivity contribution >= 4 is 29.7 Å². The Morgan fingerprint density at radius 2 is 1.04 bits per heavy atom. The zero-order valence-electron chi connectivity index (χ0n) is 13.4. The van der Waals surface area contributed by atoms with E-state index in [0.29, 0.717) is 16.8 Å². The molecule has 3 aromatic carbocycles. The minimum Gasteiger partial charge on any atom is -0.268 e. The minimum atomic E-state index is -0.270. The van der Waals surface area contributed by atoms with Crippen molar-refractivity contribution in [3.05, 3.63) is 101 Å². The molecule has 0 atom stereocenters. The summed E-state index contributed by atoms with van der Waals surface area (Å²) < 4.78 is 0. The molecule has 1 heterocycles. The molecule has 1 aliphatic rings. The zero-order valence-corrected chi connectivity index (χ0v) is 13.4. The van der Waals surface area contributed by atoms with Gasteiger partial charge < -0.3 is 0 Å². The van der Waals surface area contributed by atoms with Gasteiger partial charge in [0.1, 0.15) is 0 Å². The standard InChI is InChI=1S/C22H15NO2/c24-21-19-8-4-5-9-20(19)22(25)23(21)18-14-12-17(13-15-18)11-10-16-6-2-1-3-7-16/h1-15H. The Bertz CT molecular complexity index is 937. The summed E-state index contributed by atoms with van der Waals surface area (Å²) >= 11 is 0. The van der Waals surface area contributed by atoms with E-state index < -0.39 is 0 Å². The second-order valence-corrected chi connectivity index (χ2v) is 5.83. The van der Waals surface area contributed by atoms with Crippen LogP contribution in [0.5, 0.6) is 0 Å². The Morgan fingerprint density at radius 3 is 1.60 bits per heavy atom. The molecule has 0 fully saturated rings. The molecule has 0 bridgehead atoms. The smallest absolute Gasteiger partial charge is 0.266 e. The van der Waals surface area contributed by atoms with Gasteiger partial charge in [0.15, 0.2) is 0 Å². The van der Waals surface area contributed by atoms with Crippen molar-refractivity contribution in [2.24, 2.45) is 0 Å². The van der Waals surface area contributed by atoms with E-state index in [1.165, 1.54) is 4.90 Å². The fraction of sp³-hybridized carbons (Fsp3) is 0. The quantitative estimate of drug-likeness (QED) is 0.519. The summed E-state index contributed by atoms with van der Waals surface area (Å²) in [5.74, 6) is -0.540. The maximum atomic E-state index is 12.5. The number of rotatable bonds is 3. The van der Waals surface area contributed by atoms with E-state index in [1.807, 2.05) is 54.6 Å². The fourth-order valence-electron chi connectivity index (χ4n) is 2.91. The van der Waals surface area contributed by atoms with E-state index in [1.54, 1.807) is 36.4 Å². The van der Waals surface area contributed by atoms with Crippen LogP contribution in [-0.4, -0.2) is 11.8 Å². The molecule has 0 radical (unpaired) electrons. The van der Waals surface area contributed by atoms with Gasteiger partial charge in [-0.1, -0.05) is 66.7 Å². The number of nitrogens with zero attached hydrogens (tertiary/aromatic N) is 1. The van der Waals surface area contributed by atoms with Gasteiger partial charge in [-0.15, -0.1) is 0 Å². The molecular formula is C22H15NO2. The van der Waals surface area contributed by atoms with Crippen LogP contribution in [0.25, 0.3) is 12.2 Å².